The van der Waals surface area contributed by atoms with Crippen molar-refractivity contribution in [3.8, 4) is 0 Å². The molecular formula is C15H24FNOS. The maximum atomic E-state index is 14.1. The lowest BCUT2D eigenvalue weighted by atomic mass is 9.99. The molecule has 1 aromatic carbocycles. The zero-order valence-corrected chi connectivity index (χ0v) is 13.4. The van der Waals surface area contributed by atoms with Crippen molar-refractivity contribution in [2.24, 2.45) is 0 Å². The molecule has 0 radical (unpaired) electrons. The monoisotopic (exact) mass is 285 g/mol. The standard InChI is InChI=1S/C15H24FNOS/c1-10(2)12-7-8-13(14(16)9-12)11(3)17-19(18)15(4,5)6/h7-11,17H,1-6H3/t11-,19?/m0/s1. The third-order valence-electron chi connectivity index (χ3n) is 3.00. The number of hydrogen-bond acceptors (Lipinski definition) is 2. The van der Waals surface area contributed by atoms with E-state index in [1.165, 1.54) is 0 Å². The van der Waals surface area contributed by atoms with Crippen LogP contribution >= 0.6 is 0 Å². The predicted molar refractivity (Wildman–Crippen MR) is 79.9 cm³/mol. The Bertz CT molecular complexity index is 429. The Morgan fingerprint density at radius 1 is 1.21 bits per heavy atom. The number of nitrogens with one attached hydrogen (secondary N) is 1. The van der Waals surface area contributed by atoms with Crippen LogP contribution in [0.25, 0.3) is 0 Å². The first-order chi connectivity index (χ1) is 8.62. The van der Waals surface area contributed by atoms with Gasteiger partial charge in [-0.25, -0.2) is 4.39 Å². The first-order valence-corrected chi connectivity index (χ1v) is 7.75. The van der Waals surface area contributed by atoms with E-state index >= 15 is 0 Å². The van der Waals surface area contributed by atoms with Crippen molar-refractivity contribution in [1.82, 2.24) is 4.72 Å². The summed E-state index contributed by atoms with van der Waals surface area (Å²) < 4.78 is 28.7. The minimum Gasteiger partial charge on any atom is -0.598 e. The number of benzene rings is 1. The fourth-order valence-electron chi connectivity index (χ4n) is 1.65. The van der Waals surface area contributed by atoms with Crippen LogP contribution in [0.3, 0.4) is 0 Å². The topological polar surface area (TPSA) is 35.1 Å². The van der Waals surface area contributed by atoms with E-state index in [0.29, 0.717) is 11.5 Å². The summed E-state index contributed by atoms with van der Waals surface area (Å²) in [5.74, 6) is 0.0626. The van der Waals surface area contributed by atoms with Gasteiger partial charge >= 0.3 is 0 Å². The molecule has 108 valence electrons. The molecule has 0 fully saturated rings. The van der Waals surface area contributed by atoms with Gasteiger partial charge < -0.3 is 4.55 Å². The van der Waals surface area contributed by atoms with Gasteiger partial charge in [-0.05, 0) is 45.2 Å². The molecule has 1 rings (SSSR count). The van der Waals surface area contributed by atoms with Crippen molar-refractivity contribution < 1.29 is 8.94 Å². The van der Waals surface area contributed by atoms with Crippen LogP contribution in [0.4, 0.5) is 4.39 Å². The molecule has 0 saturated carbocycles. The summed E-state index contributed by atoms with van der Waals surface area (Å²) in [6.45, 7) is 11.6. The van der Waals surface area contributed by atoms with E-state index in [0.717, 1.165) is 5.56 Å². The van der Waals surface area contributed by atoms with Crippen LogP contribution in [0.1, 0.15) is 64.6 Å². The second kappa shape index (κ2) is 6.25. The Morgan fingerprint density at radius 2 is 1.79 bits per heavy atom. The van der Waals surface area contributed by atoms with Gasteiger partial charge in [0.2, 0.25) is 0 Å². The molecule has 0 amide bonds. The maximum Gasteiger partial charge on any atom is 0.136 e. The van der Waals surface area contributed by atoms with Gasteiger partial charge in [-0.2, -0.15) is 0 Å². The van der Waals surface area contributed by atoms with Gasteiger partial charge in [0.1, 0.15) is 10.6 Å². The summed E-state index contributed by atoms with van der Waals surface area (Å²) >= 11 is -1.21. The van der Waals surface area contributed by atoms with Gasteiger partial charge in [-0.1, -0.05) is 26.0 Å². The number of rotatable bonds is 4. The third-order valence-corrected chi connectivity index (χ3v) is 4.68. The normalized spacial score (nSPS) is 15.6. The average Bonchev–Trinajstić information content (AvgIpc) is 2.26. The molecule has 19 heavy (non-hydrogen) atoms. The Labute approximate surface area is 119 Å². The Hall–Kier alpha value is -0.580. The van der Waals surface area contributed by atoms with E-state index in [4.69, 9.17) is 0 Å². The fourth-order valence-corrected chi connectivity index (χ4v) is 2.46. The number of hydrogen-bond donors (Lipinski definition) is 1. The fraction of sp³-hybridized carbons (Fsp3) is 0.600. The van der Waals surface area contributed by atoms with Gasteiger partial charge in [-0.15, -0.1) is 4.72 Å². The number of halogens is 1. The summed E-state index contributed by atoms with van der Waals surface area (Å²) in [6, 6.07) is 5.00. The first-order valence-electron chi connectivity index (χ1n) is 6.60. The highest BCUT2D eigenvalue weighted by atomic mass is 32.2. The molecule has 0 aromatic heterocycles. The molecule has 0 bridgehead atoms. The van der Waals surface area contributed by atoms with Gasteiger partial charge in [0.15, 0.2) is 0 Å². The van der Waals surface area contributed by atoms with Crippen LogP contribution < -0.4 is 4.72 Å². The minimum atomic E-state index is -1.21. The molecule has 0 aliphatic heterocycles. The van der Waals surface area contributed by atoms with Crippen molar-refractivity contribution in [1.29, 1.82) is 0 Å². The van der Waals surface area contributed by atoms with Crippen LogP contribution in [-0.2, 0) is 11.4 Å². The van der Waals surface area contributed by atoms with Crippen molar-refractivity contribution >= 4 is 11.4 Å². The zero-order chi connectivity index (χ0) is 14.8. The Kier molecular flexibility index (Phi) is 5.42. The van der Waals surface area contributed by atoms with Gasteiger partial charge in [0.05, 0.1) is 6.04 Å². The van der Waals surface area contributed by atoms with E-state index < -0.39 is 11.4 Å². The maximum absolute atomic E-state index is 14.1. The molecule has 1 aromatic rings. The van der Waals surface area contributed by atoms with E-state index in [2.05, 4.69) is 4.72 Å². The van der Waals surface area contributed by atoms with Crippen molar-refractivity contribution in [3.63, 3.8) is 0 Å². The molecule has 0 aliphatic carbocycles. The van der Waals surface area contributed by atoms with Crippen LogP contribution in [0.2, 0.25) is 0 Å². The van der Waals surface area contributed by atoms with Gasteiger partial charge in [-0.3, -0.25) is 0 Å². The third kappa shape index (κ3) is 4.48. The lowest BCUT2D eigenvalue weighted by molar-refractivity contribution is 0.522. The summed E-state index contributed by atoms with van der Waals surface area (Å²) in [7, 11) is 0. The van der Waals surface area contributed by atoms with Crippen molar-refractivity contribution in [2.45, 2.75) is 58.2 Å². The van der Waals surface area contributed by atoms with E-state index in [1.807, 2.05) is 47.6 Å². The molecule has 1 unspecified atom stereocenters. The van der Waals surface area contributed by atoms with E-state index in [1.54, 1.807) is 12.1 Å². The van der Waals surface area contributed by atoms with Crippen LogP contribution in [0, 0.1) is 5.82 Å². The van der Waals surface area contributed by atoms with Crippen molar-refractivity contribution in [3.05, 3.63) is 35.1 Å². The second-order valence-corrected chi connectivity index (χ2v) is 8.15. The summed E-state index contributed by atoms with van der Waals surface area (Å²) in [5, 5.41) is 0. The molecule has 0 heterocycles. The van der Waals surface area contributed by atoms with Gasteiger partial charge in [0, 0.05) is 16.9 Å². The SMILES string of the molecule is CC(C)c1ccc([C@H](C)N[S+]([O-])C(C)(C)C)c(F)c1. The van der Waals surface area contributed by atoms with E-state index in [9.17, 15) is 8.94 Å². The molecule has 2 atom stereocenters. The lowest BCUT2D eigenvalue weighted by Crippen LogP contribution is -2.40. The summed E-state index contributed by atoms with van der Waals surface area (Å²) in [6.07, 6.45) is 0. The molecule has 1 N–H and O–H groups in total. The van der Waals surface area contributed by atoms with Crippen molar-refractivity contribution in [2.75, 3.05) is 0 Å². The van der Waals surface area contributed by atoms with E-state index in [-0.39, 0.29) is 16.6 Å². The smallest absolute Gasteiger partial charge is 0.136 e. The van der Waals surface area contributed by atoms with Crippen LogP contribution in [0.5, 0.6) is 0 Å². The summed E-state index contributed by atoms with van der Waals surface area (Å²) in [4.78, 5) is 0. The quantitative estimate of drug-likeness (QED) is 0.847. The highest BCUT2D eigenvalue weighted by Crippen LogP contribution is 2.24. The first kappa shape index (κ1) is 16.5. The molecule has 2 nitrogen and oxygen atoms in total. The van der Waals surface area contributed by atoms with Crippen LogP contribution in [-0.4, -0.2) is 9.30 Å². The van der Waals surface area contributed by atoms with Gasteiger partial charge in [0.25, 0.3) is 0 Å². The minimum absolute atomic E-state index is 0.239. The highest BCUT2D eigenvalue weighted by Gasteiger charge is 2.29. The predicted octanol–water partition coefficient (Wildman–Crippen LogP) is 4.06. The lowest BCUT2D eigenvalue weighted by Gasteiger charge is -2.26. The highest BCUT2D eigenvalue weighted by molar-refractivity contribution is 7.90. The Balaban J connectivity index is 2.86. The summed E-state index contributed by atoms with van der Waals surface area (Å²) in [5.41, 5.74) is 1.53. The largest absolute Gasteiger partial charge is 0.598 e. The molecule has 0 spiro atoms. The molecule has 0 aliphatic rings. The molecular weight excluding hydrogens is 261 g/mol. The molecule has 0 saturated heterocycles. The molecule has 4 heteroatoms. The van der Waals surface area contributed by atoms with Crippen LogP contribution in [0.15, 0.2) is 18.2 Å². The zero-order valence-electron chi connectivity index (χ0n) is 12.6. The Morgan fingerprint density at radius 3 is 2.21 bits per heavy atom. The average molecular weight is 285 g/mol. The second-order valence-electron chi connectivity index (χ2n) is 6.16.